The molecule has 2 aromatic rings. The van der Waals surface area contributed by atoms with Crippen molar-refractivity contribution in [1.29, 1.82) is 0 Å². The van der Waals surface area contributed by atoms with Crippen molar-refractivity contribution in [3.8, 4) is 11.5 Å². The third-order valence-corrected chi connectivity index (χ3v) is 10.8. The lowest BCUT2D eigenvalue weighted by atomic mass is 9.47. The Morgan fingerprint density at radius 1 is 1.15 bits per heavy atom. The number of phenolic OH excluding ortho intramolecular Hbond substituents is 1. The number of piperidine rings is 1. The van der Waals surface area contributed by atoms with Gasteiger partial charge in [-0.2, -0.15) is 0 Å². The molecule has 6 atom stereocenters. The van der Waals surface area contributed by atoms with Crippen LogP contribution in [-0.2, 0) is 23.1 Å². The highest BCUT2D eigenvalue weighted by Crippen LogP contribution is 2.66. The number of hydrogen-bond acceptors (Lipinski definition) is 6. The number of aliphatic hydroxyl groups is 2. The van der Waals surface area contributed by atoms with Crippen LogP contribution in [-0.4, -0.2) is 81.1 Å². The Morgan fingerprint density at radius 2 is 1.95 bits per heavy atom. The van der Waals surface area contributed by atoms with E-state index in [1.54, 1.807) is 11.0 Å². The highest BCUT2D eigenvalue weighted by Gasteiger charge is 2.76. The van der Waals surface area contributed by atoms with Crippen molar-refractivity contribution >= 4 is 5.91 Å². The lowest BCUT2D eigenvalue weighted by molar-refractivity contribution is -0.236. The monoisotopic (exact) mass is 532 g/mol. The molecule has 2 aliphatic heterocycles. The zero-order chi connectivity index (χ0) is 27.3. The summed E-state index contributed by atoms with van der Waals surface area (Å²) >= 11 is 0. The van der Waals surface area contributed by atoms with Crippen LogP contribution < -0.4 is 4.74 Å². The molecule has 2 bridgehead atoms. The summed E-state index contributed by atoms with van der Waals surface area (Å²) in [6, 6.07) is 9.51. The van der Waals surface area contributed by atoms with E-state index < -0.39 is 23.2 Å². The predicted octanol–water partition coefficient (Wildman–Crippen LogP) is 3.00. The number of likely N-dealkylation sites (tertiary alicyclic amines) is 1. The number of carbonyl (C=O) groups excluding carboxylic acids is 1. The topological polar surface area (TPSA) is 93.5 Å². The number of hydrogen-bond donors (Lipinski definition) is 3. The standard InChI is InChI=1S/C32H40N2O5/c1-18-4-5-20(14-19(18)2)8-11-27(37)33(3)23-12-13-31(38)25-15-22-9-10-24(35)29-28(22)32(31,30(23)39-29)26(36)17-34(25)16-21-6-7-21/h4-5,9-10,14,21,23,25-26,30,35-36,38H,6-8,11-13,15-17H2,1-3H3/t23?,25-,26?,30?,31-,32+/m1/s1. The molecule has 208 valence electrons. The number of carbonyl (C=O) groups is 1. The molecule has 7 nitrogen and oxygen atoms in total. The third-order valence-electron chi connectivity index (χ3n) is 10.8. The maximum atomic E-state index is 13.6. The molecule has 3 aliphatic carbocycles. The van der Waals surface area contributed by atoms with Crippen LogP contribution in [0, 0.1) is 19.8 Å². The smallest absolute Gasteiger partial charge is 0.223 e. The van der Waals surface area contributed by atoms with Gasteiger partial charge in [-0.15, -0.1) is 0 Å². The molecule has 3 unspecified atom stereocenters. The second-order valence-electron chi connectivity index (χ2n) is 12.9. The molecule has 3 N–H and O–H groups in total. The number of amides is 1. The Kier molecular flexibility index (Phi) is 5.65. The van der Waals surface area contributed by atoms with Gasteiger partial charge in [-0.1, -0.05) is 24.3 Å². The van der Waals surface area contributed by atoms with E-state index >= 15 is 0 Å². The molecule has 7 rings (SSSR count). The predicted molar refractivity (Wildman–Crippen MR) is 147 cm³/mol. The van der Waals surface area contributed by atoms with Crippen LogP contribution in [0.1, 0.15) is 59.9 Å². The van der Waals surface area contributed by atoms with Crippen LogP contribution in [0.3, 0.4) is 0 Å². The molecule has 0 aromatic heterocycles. The lowest BCUT2D eigenvalue weighted by Gasteiger charge is -2.66. The fraction of sp³-hybridized carbons (Fsp3) is 0.594. The Labute approximate surface area is 230 Å². The summed E-state index contributed by atoms with van der Waals surface area (Å²) in [6.45, 7) is 5.54. The van der Waals surface area contributed by atoms with E-state index in [2.05, 4.69) is 36.9 Å². The highest BCUT2D eigenvalue weighted by molar-refractivity contribution is 5.77. The minimum absolute atomic E-state index is 0.0251. The number of rotatable bonds is 6. The van der Waals surface area contributed by atoms with Gasteiger partial charge in [-0.05, 0) is 86.6 Å². The van der Waals surface area contributed by atoms with Gasteiger partial charge in [-0.25, -0.2) is 0 Å². The first kappa shape index (κ1) is 25.4. The van der Waals surface area contributed by atoms with Gasteiger partial charge in [-0.3, -0.25) is 9.69 Å². The van der Waals surface area contributed by atoms with Crippen molar-refractivity contribution in [1.82, 2.24) is 9.80 Å². The average molecular weight is 533 g/mol. The highest BCUT2D eigenvalue weighted by atomic mass is 16.5. The van der Waals surface area contributed by atoms with E-state index in [-0.39, 0.29) is 23.7 Å². The number of aromatic hydroxyl groups is 1. The zero-order valence-electron chi connectivity index (χ0n) is 23.2. The average Bonchev–Trinajstić information content (AvgIpc) is 3.64. The third kappa shape index (κ3) is 3.49. The summed E-state index contributed by atoms with van der Waals surface area (Å²) in [7, 11) is 1.83. The van der Waals surface area contributed by atoms with Crippen molar-refractivity contribution in [2.24, 2.45) is 5.92 Å². The van der Waals surface area contributed by atoms with Crippen molar-refractivity contribution in [3.05, 3.63) is 58.1 Å². The van der Waals surface area contributed by atoms with E-state index in [9.17, 15) is 20.1 Å². The van der Waals surface area contributed by atoms with Crippen LogP contribution >= 0.6 is 0 Å². The molecule has 7 heteroatoms. The fourth-order valence-corrected chi connectivity index (χ4v) is 8.48. The normalized spacial score (nSPS) is 34.4. The maximum absolute atomic E-state index is 13.6. The molecule has 0 radical (unpaired) electrons. The number of aryl methyl sites for hydroxylation is 3. The first-order valence-electron chi connectivity index (χ1n) is 14.6. The largest absolute Gasteiger partial charge is 0.504 e. The quantitative estimate of drug-likeness (QED) is 0.530. The van der Waals surface area contributed by atoms with Crippen LogP contribution in [0.15, 0.2) is 30.3 Å². The van der Waals surface area contributed by atoms with Gasteiger partial charge in [0.2, 0.25) is 5.91 Å². The SMILES string of the molecule is Cc1ccc(CCC(=O)N(C)C2CC[C@@]3(O)[C@H]4Cc5ccc(O)c6c5[C@@]3(C(O)CN4CC3CC3)C2O6)cc1C. The Morgan fingerprint density at radius 3 is 2.69 bits per heavy atom. The summed E-state index contributed by atoms with van der Waals surface area (Å²) in [5.41, 5.74) is 3.13. The molecule has 2 heterocycles. The number of aliphatic hydroxyl groups excluding tert-OH is 1. The second-order valence-corrected chi connectivity index (χ2v) is 12.9. The van der Waals surface area contributed by atoms with Gasteiger partial charge in [0.1, 0.15) is 6.10 Å². The van der Waals surface area contributed by atoms with Crippen LogP contribution in [0.5, 0.6) is 11.5 Å². The summed E-state index contributed by atoms with van der Waals surface area (Å²) in [5.74, 6) is 1.08. The summed E-state index contributed by atoms with van der Waals surface area (Å²) in [4.78, 5) is 17.7. The molecule has 39 heavy (non-hydrogen) atoms. The van der Waals surface area contributed by atoms with E-state index in [0.717, 1.165) is 23.2 Å². The molecule has 1 saturated heterocycles. The second kappa shape index (κ2) is 8.69. The molecule has 5 aliphatic rings. The fourth-order valence-electron chi connectivity index (χ4n) is 8.48. The minimum atomic E-state index is -1.20. The molecular formula is C32H40N2O5. The Balaban J connectivity index is 1.22. The molecule has 2 aromatic carbocycles. The first-order chi connectivity index (χ1) is 18.6. The van der Waals surface area contributed by atoms with Crippen LogP contribution in [0.25, 0.3) is 0 Å². The van der Waals surface area contributed by atoms with E-state index in [0.29, 0.717) is 50.3 Å². The Hall–Kier alpha value is -2.61. The minimum Gasteiger partial charge on any atom is -0.504 e. The van der Waals surface area contributed by atoms with Crippen molar-refractivity contribution in [3.63, 3.8) is 0 Å². The number of nitrogens with zero attached hydrogens (tertiary/aromatic N) is 2. The van der Waals surface area contributed by atoms with Gasteiger partial charge in [0, 0.05) is 38.2 Å². The van der Waals surface area contributed by atoms with Gasteiger partial charge in [0.25, 0.3) is 0 Å². The Bertz CT molecular complexity index is 1340. The van der Waals surface area contributed by atoms with Crippen molar-refractivity contribution in [2.75, 3.05) is 20.1 Å². The van der Waals surface area contributed by atoms with E-state index in [1.165, 1.54) is 24.0 Å². The summed E-state index contributed by atoms with van der Waals surface area (Å²) in [6.07, 6.45) is 3.68. The molecule has 1 spiro atoms. The van der Waals surface area contributed by atoms with E-state index in [1.807, 2.05) is 13.1 Å². The number of phenols is 1. The van der Waals surface area contributed by atoms with Crippen LogP contribution in [0.2, 0.25) is 0 Å². The summed E-state index contributed by atoms with van der Waals surface area (Å²) in [5, 5.41) is 35.5. The van der Waals surface area contributed by atoms with Crippen molar-refractivity contribution < 1.29 is 24.9 Å². The molecule has 2 saturated carbocycles. The number of benzene rings is 2. The lowest BCUT2D eigenvalue weighted by Crippen LogP contribution is -2.82. The molecule has 1 amide bonds. The number of β-amino-alcohol motifs (C(OH)–C–C–N with tert-alkyl or cyclic N) is 1. The zero-order valence-corrected chi connectivity index (χ0v) is 23.2. The number of ether oxygens (including phenoxy) is 1. The summed E-state index contributed by atoms with van der Waals surface area (Å²) < 4.78 is 6.57. The molecular weight excluding hydrogens is 492 g/mol. The van der Waals surface area contributed by atoms with Gasteiger partial charge >= 0.3 is 0 Å². The number of likely N-dealkylation sites (N-methyl/N-ethyl adjacent to an activating group) is 1. The van der Waals surface area contributed by atoms with E-state index in [4.69, 9.17) is 4.74 Å². The van der Waals surface area contributed by atoms with Crippen molar-refractivity contribution in [2.45, 2.75) is 94.1 Å². The maximum Gasteiger partial charge on any atom is 0.223 e. The van der Waals surface area contributed by atoms with Gasteiger partial charge in [0.05, 0.1) is 23.2 Å². The first-order valence-corrected chi connectivity index (χ1v) is 14.6. The van der Waals surface area contributed by atoms with Gasteiger partial charge in [0.15, 0.2) is 11.5 Å². The molecule has 3 fully saturated rings. The van der Waals surface area contributed by atoms with Gasteiger partial charge < -0.3 is 25.0 Å². The van der Waals surface area contributed by atoms with Crippen LogP contribution in [0.4, 0.5) is 0 Å².